The highest BCUT2D eigenvalue weighted by molar-refractivity contribution is 7.89. The molecule has 10 heteroatoms. The van der Waals surface area contributed by atoms with Crippen LogP contribution in [0.3, 0.4) is 0 Å². The molecule has 2 aromatic carbocycles. The zero-order valence-electron chi connectivity index (χ0n) is 16.3. The molecule has 2 amide bonds. The van der Waals surface area contributed by atoms with Gasteiger partial charge in [-0.05, 0) is 43.2 Å². The maximum absolute atomic E-state index is 13.3. The molecular weight excluding hydrogens is 410 g/mol. The minimum absolute atomic E-state index is 0.0101. The van der Waals surface area contributed by atoms with Gasteiger partial charge in [-0.1, -0.05) is 12.1 Å². The van der Waals surface area contributed by atoms with Crippen LogP contribution in [0.2, 0.25) is 0 Å². The van der Waals surface area contributed by atoms with Crippen LogP contribution in [0.5, 0.6) is 11.5 Å². The van der Waals surface area contributed by atoms with E-state index >= 15 is 0 Å². The lowest BCUT2D eigenvalue weighted by molar-refractivity contribution is -0.119. The molecule has 2 N–H and O–H groups in total. The van der Waals surface area contributed by atoms with Crippen molar-refractivity contribution in [2.45, 2.75) is 23.8 Å². The molecule has 2 heterocycles. The van der Waals surface area contributed by atoms with Crippen molar-refractivity contribution in [3.63, 3.8) is 0 Å². The highest BCUT2D eigenvalue weighted by atomic mass is 32.2. The average Bonchev–Trinajstić information content (AvgIpc) is 3.24. The van der Waals surface area contributed by atoms with Crippen LogP contribution in [0.15, 0.2) is 47.4 Å². The molecule has 0 bridgehead atoms. The molecule has 0 spiro atoms. The molecule has 158 valence electrons. The van der Waals surface area contributed by atoms with Gasteiger partial charge >= 0.3 is 0 Å². The van der Waals surface area contributed by atoms with Crippen LogP contribution in [-0.2, 0) is 19.6 Å². The predicted octanol–water partition coefficient (Wildman–Crippen LogP) is 1.82. The molecule has 2 aromatic rings. The van der Waals surface area contributed by atoms with Gasteiger partial charge in [0.2, 0.25) is 15.9 Å². The van der Waals surface area contributed by atoms with Gasteiger partial charge in [-0.2, -0.15) is 4.31 Å². The smallest absolute Gasteiger partial charge is 0.262 e. The summed E-state index contributed by atoms with van der Waals surface area (Å²) in [5.41, 5.74) is 0.768. The average molecular weight is 431 g/mol. The van der Waals surface area contributed by atoms with E-state index in [2.05, 4.69) is 10.6 Å². The van der Waals surface area contributed by atoms with Crippen LogP contribution in [-0.4, -0.2) is 50.8 Å². The molecule has 0 aliphatic carbocycles. The fraction of sp³-hybridized carbons (Fsp3) is 0.300. The third-order valence-corrected chi connectivity index (χ3v) is 6.97. The number of amides is 2. The van der Waals surface area contributed by atoms with E-state index in [0.717, 1.165) is 0 Å². The van der Waals surface area contributed by atoms with Gasteiger partial charge < -0.3 is 20.1 Å². The van der Waals surface area contributed by atoms with Gasteiger partial charge in [0.15, 0.2) is 6.61 Å². The number of nitrogens with one attached hydrogen (secondary N) is 2. The summed E-state index contributed by atoms with van der Waals surface area (Å²) in [6, 6.07) is 10.4. The van der Waals surface area contributed by atoms with Gasteiger partial charge in [0.1, 0.15) is 17.5 Å². The third-order valence-electron chi connectivity index (χ3n) is 5.06. The van der Waals surface area contributed by atoms with Gasteiger partial charge in [0.05, 0.1) is 23.4 Å². The SMILES string of the molecule is COc1ccccc1NC(=O)[C@@H]1CCCN1S(=O)(=O)c1ccc2c(c1)NC(=O)CO2. The molecule has 1 fully saturated rings. The monoisotopic (exact) mass is 431 g/mol. The standard InChI is InChI=1S/C20H21N3O6S/c1-28-17-7-3-2-5-14(17)22-20(25)16-6-4-10-23(16)30(26,27)13-8-9-18-15(11-13)21-19(24)12-29-18/h2-3,5,7-9,11,16H,4,6,10,12H2,1H3,(H,21,24)(H,22,25)/t16-/m0/s1. The lowest BCUT2D eigenvalue weighted by Crippen LogP contribution is -2.43. The van der Waals surface area contributed by atoms with Gasteiger partial charge in [-0.3, -0.25) is 9.59 Å². The number of fused-ring (bicyclic) bond motifs is 1. The molecule has 2 aliphatic rings. The number of ether oxygens (including phenoxy) is 2. The van der Waals surface area contributed by atoms with Crippen molar-refractivity contribution in [2.24, 2.45) is 0 Å². The zero-order chi connectivity index (χ0) is 21.3. The number of anilines is 2. The summed E-state index contributed by atoms with van der Waals surface area (Å²) in [6.07, 6.45) is 0.971. The van der Waals surface area contributed by atoms with E-state index in [-0.39, 0.29) is 24.0 Å². The number of methoxy groups -OCH3 is 1. The topological polar surface area (TPSA) is 114 Å². The van der Waals surface area contributed by atoms with Crippen molar-refractivity contribution in [3.05, 3.63) is 42.5 Å². The Balaban J connectivity index is 1.59. The Morgan fingerprint density at radius 2 is 2.07 bits per heavy atom. The Bertz CT molecular complexity index is 1100. The second kappa shape index (κ2) is 7.96. The van der Waals surface area contributed by atoms with E-state index in [9.17, 15) is 18.0 Å². The van der Waals surface area contributed by atoms with Crippen LogP contribution in [0, 0.1) is 0 Å². The molecule has 0 unspecified atom stereocenters. The highest BCUT2D eigenvalue weighted by Crippen LogP contribution is 2.34. The minimum atomic E-state index is -3.96. The van der Waals surface area contributed by atoms with E-state index in [4.69, 9.17) is 9.47 Å². The lowest BCUT2D eigenvalue weighted by Gasteiger charge is -2.25. The molecule has 0 saturated carbocycles. The van der Waals surface area contributed by atoms with Gasteiger partial charge in [-0.25, -0.2) is 8.42 Å². The quantitative estimate of drug-likeness (QED) is 0.747. The molecule has 2 aliphatic heterocycles. The van der Waals surface area contributed by atoms with Gasteiger partial charge in [0.25, 0.3) is 5.91 Å². The Labute approximate surface area is 174 Å². The first-order chi connectivity index (χ1) is 14.4. The molecule has 1 saturated heterocycles. The van der Waals surface area contributed by atoms with Crippen LogP contribution >= 0.6 is 0 Å². The van der Waals surface area contributed by atoms with E-state index < -0.39 is 22.0 Å². The number of para-hydroxylation sites is 2. The van der Waals surface area contributed by atoms with E-state index in [1.807, 2.05) is 0 Å². The first-order valence-electron chi connectivity index (χ1n) is 9.42. The number of sulfonamides is 1. The van der Waals surface area contributed by atoms with E-state index in [1.54, 1.807) is 24.3 Å². The molecule has 0 radical (unpaired) electrons. The largest absolute Gasteiger partial charge is 0.495 e. The fourth-order valence-corrected chi connectivity index (χ4v) is 5.30. The van der Waals surface area contributed by atoms with Gasteiger partial charge in [0, 0.05) is 6.54 Å². The number of hydrogen-bond donors (Lipinski definition) is 2. The van der Waals surface area contributed by atoms with Crippen LogP contribution < -0.4 is 20.1 Å². The minimum Gasteiger partial charge on any atom is -0.495 e. The molecule has 0 aromatic heterocycles. The Morgan fingerprint density at radius 3 is 2.87 bits per heavy atom. The van der Waals surface area contributed by atoms with Gasteiger partial charge in [-0.15, -0.1) is 0 Å². The summed E-state index contributed by atoms with van der Waals surface area (Å²) in [7, 11) is -2.46. The lowest BCUT2D eigenvalue weighted by atomic mass is 10.2. The van der Waals surface area contributed by atoms with Crippen LogP contribution in [0.25, 0.3) is 0 Å². The summed E-state index contributed by atoms with van der Waals surface area (Å²) in [6.45, 7) is 0.114. The Hall–Kier alpha value is -3.11. The number of carbonyl (C=O) groups excluding carboxylic acids is 2. The fourth-order valence-electron chi connectivity index (χ4n) is 3.61. The molecule has 9 nitrogen and oxygen atoms in total. The summed E-state index contributed by atoms with van der Waals surface area (Å²) in [5, 5.41) is 5.37. The summed E-state index contributed by atoms with van der Waals surface area (Å²) in [5.74, 6) is 0.117. The second-order valence-electron chi connectivity index (χ2n) is 6.96. The highest BCUT2D eigenvalue weighted by Gasteiger charge is 2.40. The number of benzene rings is 2. The number of hydrogen-bond acceptors (Lipinski definition) is 6. The normalized spacial score (nSPS) is 18.8. The van der Waals surface area contributed by atoms with E-state index in [0.29, 0.717) is 35.7 Å². The zero-order valence-corrected chi connectivity index (χ0v) is 17.1. The number of carbonyl (C=O) groups is 2. The molecule has 4 rings (SSSR count). The van der Waals surface area contributed by atoms with E-state index in [1.165, 1.54) is 29.6 Å². The molecule has 1 atom stereocenters. The third kappa shape index (κ3) is 3.71. The molecule has 30 heavy (non-hydrogen) atoms. The van der Waals surface area contributed by atoms with Crippen molar-refractivity contribution in [2.75, 3.05) is 30.9 Å². The van der Waals surface area contributed by atoms with Crippen molar-refractivity contribution in [1.82, 2.24) is 4.31 Å². The summed E-state index contributed by atoms with van der Waals surface area (Å²) < 4.78 is 38.2. The summed E-state index contributed by atoms with van der Waals surface area (Å²) >= 11 is 0. The second-order valence-corrected chi connectivity index (χ2v) is 8.85. The Morgan fingerprint density at radius 1 is 1.27 bits per heavy atom. The Kier molecular flexibility index (Phi) is 5.35. The number of nitrogens with zero attached hydrogens (tertiary/aromatic N) is 1. The predicted molar refractivity (Wildman–Crippen MR) is 109 cm³/mol. The number of rotatable bonds is 5. The van der Waals surface area contributed by atoms with Crippen molar-refractivity contribution < 1.29 is 27.5 Å². The van der Waals surface area contributed by atoms with Crippen molar-refractivity contribution >= 4 is 33.2 Å². The van der Waals surface area contributed by atoms with Crippen LogP contribution in [0.4, 0.5) is 11.4 Å². The van der Waals surface area contributed by atoms with Crippen molar-refractivity contribution in [3.8, 4) is 11.5 Å². The molecular formula is C20H21N3O6S. The summed E-state index contributed by atoms with van der Waals surface area (Å²) in [4.78, 5) is 24.4. The maximum Gasteiger partial charge on any atom is 0.262 e. The first-order valence-corrected chi connectivity index (χ1v) is 10.9. The van der Waals surface area contributed by atoms with Crippen LogP contribution in [0.1, 0.15) is 12.8 Å². The van der Waals surface area contributed by atoms with Crippen molar-refractivity contribution in [1.29, 1.82) is 0 Å². The first kappa shape index (κ1) is 20.2. The maximum atomic E-state index is 13.3.